The van der Waals surface area contributed by atoms with Crippen molar-refractivity contribution < 1.29 is 4.74 Å². The van der Waals surface area contributed by atoms with Gasteiger partial charge in [0, 0.05) is 6.54 Å². The van der Waals surface area contributed by atoms with Crippen LogP contribution in [0.25, 0.3) is 0 Å². The van der Waals surface area contributed by atoms with E-state index in [1.807, 2.05) is 24.3 Å². The summed E-state index contributed by atoms with van der Waals surface area (Å²) >= 11 is 0. The van der Waals surface area contributed by atoms with Crippen molar-refractivity contribution >= 4 is 5.69 Å². The van der Waals surface area contributed by atoms with Gasteiger partial charge in [0.2, 0.25) is 0 Å². The van der Waals surface area contributed by atoms with E-state index < -0.39 is 0 Å². The van der Waals surface area contributed by atoms with E-state index in [-0.39, 0.29) is 6.10 Å². The van der Waals surface area contributed by atoms with Crippen LogP contribution in [0, 0.1) is 0 Å². The summed E-state index contributed by atoms with van der Waals surface area (Å²) in [5, 5.41) is 6.64. The van der Waals surface area contributed by atoms with Crippen molar-refractivity contribution in [2.75, 3.05) is 25.0 Å². The van der Waals surface area contributed by atoms with Gasteiger partial charge in [0.1, 0.15) is 11.9 Å². The minimum atomic E-state index is 0.241. The van der Waals surface area contributed by atoms with Gasteiger partial charge in [0.15, 0.2) is 0 Å². The number of hydrogen-bond donors (Lipinski definition) is 2. The number of fused-ring (bicyclic) bond motifs is 1. The van der Waals surface area contributed by atoms with E-state index in [0.717, 1.165) is 31.1 Å². The van der Waals surface area contributed by atoms with Crippen molar-refractivity contribution in [2.24, 2.45) is 0 Å². The first-order valence-electron chi connectivity index (χ1n) is 5.10. The molecule has 1 unspecified atom stereocenters. The second-order valence-corrected chi connectivity index (χ2v) is 3.42. The quantitative estimate of drug-likeness (QED) is 0.761. The summed E-state index contributed by atoms with van der Waals surface area (Å²) in [6.45, 7) is 4.87. The van der Waals surface area contributed by atoms with Crippen LogP contribution in [0.5, 0.6) is 5.75 Å². The zero-order valence-corrected chi connectivity index (χ0v) is 8.42. The Labute approximate surface area is 84.5 Å². The number of hydrogen-bond acceptors (Lipinski definition) is 3. The maximum atomic E-state index is 5.81. The molecule has 0 radical (unpaired) electrons. The number of rotatable bonds is 3. The number of para-hydroxylation sites is 2. The summed E-state index contributed by atoms with van der Waals surface area (Å²) in [6, 6.07) is 8.05. The van der Waals surface area contributed by atoms with Crippen molar-refractivity contribution in [3.8, 4) is 5.75 Å². The Morgan fingerprint density at radius 1 is 1.50 bits per heavy atom. The molecule has 0 saturated carbocycles. The number of nitrogens with one attached hydrogen (secondary N) is 2. The molecular formula is C11H16N2O. The van der Waals surface area contributed by atoms with Crippen LogP contribution < -0.4 is 15.4 Å². The molecule has 1 aliphatic rings. The Hall–Kier alpha value is -1.22. The minimum Gasteiger partial charge on any atom is -0.485 e. The zero-order chi connectivity index (χ0) is 9.80. The normalized spacial score (nSPS) is 19.4. The molecule has 1 aromatic carbocycles. The lowest BCUT2D eigenvalue weighted by Crippen LogP contribution is -2.39. The highest BCUT2D eigenvalue weighted by Crippen LogP contribution is 2.27. The van der Waals surface area contributed by atoms with Gasteiger partial charge in [-0.3, -0.25) is 0 Å². The molecule has 0 aromatic heterocycles. The van der Waals surface area contributed by atoms with Gasteiger partial charge >= 0.3 is 0 Å². The first kappa shape index (κ1) is 9.34. The third kappa shape index (κ3) is 1.99. The molecular weight excluding hydrogens is 176 g/mol. The smallest absolute Gasteiger partial charge is 0.142 e. The Bertz CT molecular complexity index is 301. The van der Waals surface area contributed by atoms with Crippen molar-refractivity contribution in [1.29, 1.82) is 0 Å². The van der Waals surface area contributed by atoms with E-state index in [1.54, 1.807) is 0 Å². The van der Waals surface area contributed by atoms with Gasteiger partial charge in [-0.2, -0.15) is 0 Å². The molecule has 0 bridgehead atoms. The lowest BCUT2D eigenvalue weighted by Gasteiger charge is -2.27. The van der Waals surface area contributed by atoms with E-state index in [4.69, 9.17) is 4.74 Å². The molecule has 0 fully saturated rings. The number of likely N-dealkylation sites (N-methyl/N-ethyl adjacent to an activating group) is 1. The zero-order valence-electron chi connectivity index (χ0n) is 8.42. The summed E-state index contributed by atoms with van der Waals surface area (Å²) in [4.78, 5) is 0. The maximum Gasteiger partial charge on any atom is 0.142 e. The summed E-state index contributed by atoms with van der Waals surface area (Å²) in [6.07, 6.45) is 0.241. The monoisotopic (exact) mass is 192 g/mol. The molecule has 76 valence electrons. The van der Waals surface area contributed by atoms with E-state index in [9.17, 15) is 0 Å². The molecule has 3 heteroatoms. The second-order valence-electron chi connectivity index (χ2n) is 3.42. The van der Waals surface area contributed by atoms with E-state index in [1.165, 1.54) is 0 Å². The highest BCUT2D eigenvalue weighted by Gasteiger charge is 2.17. The third-order valence-corrected chi connectivity index (χ3v) is 2.32. The predicted molar refractivity (Wildman–Crippen MR) is 57.9 cm³/mol. The van der Waals surface area contributed by atoms with Gasteiger partial charge in [-0.25, -0.2) is 0 Å². The molecule has 1 heterocycles. The molecule has 0 aliphatic carbocycles. The predicted octanol–water partition coefficient (Wildman–Crippen LogP) is 1.47. The van der Waals surface area contributed by atoms with Crippen LogP contribution in [-0.4, -0.2) is 25.7 Å². The molecule has 2 N–H and O–H groups in total. The molecule has 0 saturated heterocycles. The molecule has 0 spiro atoms. The van der Waals surface area contributed by atoms with Crippen LogP contribution in [0.15, 0.2) is 24.3 Å². The van der Waals surface area contributed by atoms with Crippen LogP contribution in [0.4, 0.5) is 5.69 Å². The fourth-order valence-corrected chi connectivity index (χ4v) is 1.58. The van der Waals surface area contributed by atoms with E-state index in [2.05, 4.69) is 17.6 Å². The van der Waals surface area contributed by atoms with Crippen molar-refractivity contribution in [3.05, 3.63) is 24.3 Å². The van der Waals surface area contributed by atoms with Gasteiger partial charge in [-0.05, 0) is 18.7 Å². The lowest BCUT2D eigenvalue weighted by molar-refractivity contribution is 0.203. The van der Waals surface area contributed by atoms with E-state index in [0.29, 0.717) is 0 Å². The summed E-state index contributed by atoms with van der Waals surface area (Å²) < 4.78 is 5.81. The van der Waals surface area contributed by atoms with Crippen LogP contribution in [-0.2, 0) is 0 Å². The minimum absolute atomic E-state index is 0.241. The average Bonchev–Trinajstić information content (AvgIpc) is 2.26. The van der Waals surface area contributed by atoms with Gasteiger partial charge in [0.05, 0.1) is 12.2 Å². The average molecular weight is 192 g/mol. The first-order chi connectivity index (χ1) is 6.90. The van der Waals surface area contributed by atoms with Crippen molar-refractivity contribution in [2.45, 2.75) is 13.0 Å². The first-order valence-corrected chi connectivity index (χ1v) is 5.10. The molecule has 14 heavy (non-hydrogen) atoms. The fourth-order valence-electron chi connectivity index (χ4n) is 1.58. The highest BCUT2D eigenvalue weighted by atomic mass is 16.5. The van der Waals surface area contributed by atoms with Crippen LogP contribution in [0.2, 0.25) is 0 Å². The molecule has 0 amide bonds. The molecule has 1 atom stereocenters. The Kier molecular flexibility index (Phi) is 2.89. The maximum absolute atomic E-state index is 5.81. The fraction of sp³-hybridized carbons (Fsp3) is 0.455. The van der Waals surface area contributed by atoms with Gasteiger partial charge in [0.25, 0.3) is 0 Å². The third-order valence-electron chi connectivity index (χ3n) is 2.32. The standard InChI is InChI=1S/C11H16N2O/c1-2-12-7-9-8-13-10-5-3-4-6-11(10)14-9/h3-6,9,12-13H,2,7-8H2,1H3. The van der Waals surface area contributed by atoms with Crippen LogP contribution in [0.3, 0.4) is 0 Å². The molecule has 2 rings (SSSR count). The summed E-state index contributed by atoms with van der Waals surface area (Å²) in [5.41, 5.74) is 1.10. The van der Waals surface area contributed by atoms with Gasteiger partial charge < -0.3 is 15.4 Å². The largest absolute Gasteiger partial charge is 0.485 e. The highest BCUT2D eigenvalue weighted by molar-refractivity contribution is 5.57. The number of anilines is 1. The van der Waals surface area contributed by atoms with Crippen LogP contribution >= 0.6 is 0 Å². The molecule has 1 aromatic rings. The number of benzene rings is 1. The molecule has 1 aliphatic heterocycles. The summed E-state index contributed by atoms with van der Waals surface area (Å²) in [5.74, 6) is 0.960. The van der Waals surface area contributed by atoms with Gasteiger partial charge in [-0.1, -0.05) is 19.1 Å². The second kappa shape index (κ2) is 4.33. The Balaban J connectivity index is 1.99. The summed E-state index contributed by atoms with van der Waals surface area (Å²) in [7, 11) is 0. The van der Waals surface area contributed by atoms with Crippen molar-refractivity contribution in [3.63, 3.8) is 0 Å². The lowest BCUT2D eigenvalue weighted by atomic mass is 10.2. The number of ether oxygens (including phenoxy) is 1. The van der Waals surface area contributed by atoms with Crippen molar-refractivity contribution in [1.82, 2.24) is 5.32 Å². The van der Waals surface area contributed by atoms with Crippen LogP contribution in [0.1, 0.15) is 6.92 Å². The van der Waals surface area contributed by atoms with Gasteiger partial charge in [-0.15, -0.1) is 0 Å². The Morgan fingerprint density at radius 2 is 2.36 bits per heavy atom. The SMILES string of the molecule is CCNCC1CNc2ccccc2O1. The Morgan fingerprint density at radius 3 is 3.21 bits per heavy atom. The van der Waals surface area contributed by atoms with E-state index >= 15 is 0 Å². The molecule has 3 nitrogen and oxygen atoms in total. The topological polar surface area (TPSA) is 33.3 Å².